The lowest BCUT2D eigenvalue weighted by atomic mass is 9.98. The lowest BCUT2D eigenvalue weighted by Gasteiger charge is -2.31. The minimum absolute atomic E-state index is 0. The fraction of sp³-hybridized carbons (Fsp3) is 0.636. The average Bonchev–Trinajstić information content (AvgIpc) is 2.75. The Morgan fingerprint density at radius 1 is 1.61 bits per heavy atom. The highest BCUT2D eigenvalue weighted by Gasteiger charge is 2.25. The summed E-state index contributed by atoms with van der Waals surface area (Å²) < 4.78 is 0. The first kappa shape index (κ1) is 17.6. The van der Waals surface area contributed by atoms with Crippen molar-refractivity contribution >= 4 is 42.1 Å². The predicted molar refractivity (Wildman–Crippen MR) is 79.0 cm³/mol. The van der Waals surface area contributed by atoms with E-state index in [4.69, 9.17) is 5.73 Å². The summed E-state index contributed by atoms with van der Waals surface area (Å²) in [6, 6.07) is 0. The molecule has 0 aliphatic carbocycles. The topological polar surface area (TPSA) is 59.2 Å². The van der Waals surface area contributed by atoms with Gasteiger partial charge in [0.2, 0.25) is 5.91 Å². The van der Waals surface area contributed by atoms with Crippen molar-refractivity contribution in [1.82, 2.24) is 9.88 Å². The Labute approximate surface area is 124 Å². The van der Waals surface area contributed by atoms with E-state index in [2.05, 4.69) is 10.4 Å². The second kappa shape index (κ2) is 7.94. The molecule has 4 nitrogen and oxygen atoms in total. The van der Waals surface area contributed by atoms with Gasteiger partial charge < -0.3 is 10.6 Å². The normalized spacial score (nSPS) is 18.8. The molecular weight excluding hydrogens is 293 g/mol. The van der Waals surface area contributed by atoms with Crippen molar-refractivity contribution in [1.29, 1.82) is 0 Å². The Bertz CT molecular complexity index is 386. The molecule has 0 spiro atoms. The van der Waals surface area contributed by atoms with E-state index in [1.165, 1.54) is 0 Å². The quantitative estimate of drug-likeness (QED) is 0.908. The van der Waals surface area contributed by atoms with Crippen LogP contribution in [0.1, 0.15) is 29.5 Å². The first-order valence-electron chi connectivity index (χ1n) is 5.60. The van der Waals surface area contributed by atoms with Crippen molar-refractivity contribution in [2.45, 2.75) is 25.7 Å². The van der Waals surface area contributed by atoms with Gasteiger partial charge in [0.1, 0.15) is 0 Å². The van der Waals surface area contributed by atoms with Crippen molar-refractivity contribution in [3.63, 3.8) is 0 Å². The maximum atomic E-state index is 11.5. The summed E-state index contributed by atoms with van der Waals surface area (Å²) in [5.74, 6) is 0.459. The second-order valence-electron chi connectivity index (χ2n) is 4.21. The SMILES string of the molecule is Cc1csc(C2CCCN(C(=O)CN)C2)n1.Cl.Cl. The predicted octanol–water partition coefficient (Wildman–Crippen LogP) is 1.96. The molecule has 2 rings (SSSR count). The summed E-state index contributed by atoms with van der Waals surface area (Å²) in [5.41, 5.74) is 6.46. The molecule has 0 saturated carbocycles. The molecular formula is C11H19Cl2N3OS. The monoisotopic (exact) mass is 311 g/mol. The third kappa shape index (κ3) is 4.09. The van der Waals surface area contributed by atoms with Crippen LogP contribution in [0.15, 0.2) is 5.38 Å². The molecule has 0 radical (unpaired) electrons. The number of rotatable bonds is 2. The molecule has 1 aliphatic heterocycles. The van der Waals surface area contributed by atoms with E-state index in [1.54, 1.807) is 11.3 Å². The van der Waals surface area contributed by atoms with Crippen LogP contribution in [0, 0.1) is 6.92 Å². The molecule has 0 bridgehead atoms. The molecule has 7 heteroatoms. The first-order valence-corrected chi connectivity index (χ1v) is 6.48. The van der Waals surface area contributed by atoms with Gasteiger partial charge in [-0.15, -0.1) is 36.2 Å². The van der Waals surface area contributed by atoms with E-state index in [0.717, 1.165) is 36.6 Å². The Balaban J connectivity index is 0.00000144. The van der Waals surface area contributed by atoms with E-state index >= 15 is 0 Å². The fourth-order valence-electron chi connectivity index (χ4n) is 2.09. The van der Waals surface area contributed by atoms with Gasteiger partial charge in [0.05, 0.1) is 11.6 Å². The maximum absolute atomic E-state index is 11.5. The molecule has 1 atom stereocenters. The zero-order valence-corrected chi connectivity index (χ0v) is 12.7. The Hall–Kier alpha value is -0.360. The Morgan fingerprint density at radius 2 is 2.33 bits per heavy atom. The van der Waals surface area contributed by atoms with Gasteiger partial charge >= 0.3 is 0 Å². The van der Waals surface area contributed by atoms with E-state index in [-0.39, 0.29) is 37.3 Å². The zero-order chi connectivity index (χ0) is 11.5. The number of piperidine rings is 1. The Morgan fingerprint density at radius 3 is 2.89 bits per heavy atom. The average molecular weight is 312 g/mol. The van der Waals surface area contributed by atoms with E-state index in [0.29, 0.717) is 5.92 Å². The minimum Gasteiger partial charge on any atom is -0.341 e. The van der Waals surface area contributed by atoms with Gasteiger partial charge in [0.15, 0.2) is 0 Å². The molecule has 0 aromatic carbocycles. The number of amides is 1. The van der Waals surface area contributed by atoms with Gasteiger partial charge in [-0.2, -0.15) is 0 Å². The third-order valence-corrected chi connectivity index (χ3v) is 4.06. The van der Waals surface area contributed by atoms with Crippen molar-refractivity contribution in [2.75, 3.05) is 19.6 Å². The summed E-state index contributed by atoms with van der Waals surface area (Å²) in [6.07, 6.45) is 2.18. The molecule has 1 fully saturated rings. The number of likely N-dealkylation sites (tertiary alicyclic amines) is 1. The minimum atomic E-state index is 0. The number of halogens is 2. The maximum Gasteiger partial charge on any atom is 0.236 e. The van der Waals surface area contributed by atoms with Crippen LogP contribution in [-0.2, 0) is 4.79 Å². The number of nitrogens with two attached hydrogens (primary N) is 1. The molecule has 18 heavy (non-hydrogen) atoms. The Kier molecular flexibility index (Phi) is 7.78. The van der Waals surface area contributed by atoms with Crippen molar-refractivity contribution in [3.05, 3.63) is 16.1 Å². The first-order chi connectivity index (χ1) is 7.70. The lowest BCUT2D eigenvalue weighted by molar-refractivity contribution is -0.130. The number of thiazole rings is 1. The van der Waals surface area contributed by atoms with Gasteiger partial charge in [-0.25, -0.2) is 4.98 Å². The van der Waals surface area contributed by atoms with Gasteiger partial charge in [-0.3, -0.25) is 4.79 Å². The highest BCUT2D eigenvalue weighted by Crippen LogP contribution is 2.28. The van der Waals surface area contributed by atoms with Crippen LogP contribution in [0.2, 0.25) is 0 Å². The fourth-order valence-corrected chi connectivity index (χ4v) is 3.02. The smallest absolute Gasteiger partial charge is 0.236 e. The van der Waals surface area contributed by atoms with Crippen LogP contribution >= 0.6 is 36.2 Å². The molecule has 1 aromatic rings. The summed E-state index contributed by atoms with van der Waals surface area (Å²) in [6.45, 7) is 3.75. The second-order valence-corrected chi connectivity index (χ2v) is 5.10. The van der Waals surface area contributed by atoms with Crippen LogP contribution in [0.3, 0.4) is 0 Å². The highest BCUT2D eigenvalue weighted by molar-refractivity contribution is 7.09. The van der Waals surface area contributed by atoms with Crippen LogP contribution in [-0.4, -0.2) is 35.4 Å². The summed E-state index contributed by atoms with van der Waals surface area (Å²) in [7, 11) is 0. The van der Waals surface area contributed by atoms with Gasteiger partial charge in [0.25, 0.3) is 0 Å². The summed E-state index contributed by atoms with van der Waals surface area (Å²) in [5, 5.41) is 3.23. The van der Waals surface area contributed by atoms with Crippen LogP contribution in [0.25, 0.3) is 0 Å². The van der Waals surface area contributed by atoms with Gasteiger partial charge in [-0.1, -0.05) is 0 Å². The number of nitrogens with zero attached hydrogens (tertiary/aromatic N) is 2. The molecule has 2 N–H and O–H groups in total. The van der Waals surface area contributed by atoms with Crippen molar-refractivity contribution in [3.8, 4) is 0 Å². The molecule has 104 valence electrons. The van der Waals surface area contributed by atoms with Gasteiger partial charge in [-0.05, 0) is 19.8 Å². The molecule has 1 unspecified atom stereocenters. The molecule has 1 aromatic heterocycles. The summed E-state index contributed by atoms with van der Waals surface area (Å²) >= 11 is 1.70. The molecule has 1 amide bonds. The van der Waals surface area contributed by atoms with Gasteiger partial charge in [0, 0.05) is 30.1 Å². The lowest BCUT2D eigenvalue weighted by Crippen LogP contribution is -2.42. The number of hydrogen-bond acceptors (Lipinski definition) is 4. The number of carbonyl (C=O) groups excluding carboxylic acids is 1. The summed E-state index contributed by atoms with van der Waals surface area (Å²) in [4.78, 5) is 17.9. The highest BCUT2D eigenvalue weighted by atomic mass is 35.5. The number of aryl methyl sites for hydroxylation is 1. The number of hydrogen-bond donors (Lipinski definition) is 1. The molecule has 2 heterocycles. The standard InChI is InChI=1S/C11H17N3OS.2ClH/c1-8-7-16-11(13-8)9-3-2-4-14(6-9)10(15)5-12;;/h7,9H,2-6,12H2,1H3;2*1H. The van der Waals surface area contributed by atoms with E-state index < -0.39 is 0 Å². The largest absolute Gasteiger partial charge is 0.341 e. The van der Waals surface area contributed by atoms with Crippen molar-refractivity contribution < 1.29 is 4.79 Å². The molecule has 1 aliphatic rings. The number of carbonyl (C=O) groups is 1. The zero-order valence-electron chi connectivity index (χ0n) is 10.3. The number of aromatic nitrogens is 1. The van der Waals surface area contributed by atoms with Crippen LogP contribution < -0.4 is 5.73 Å². The van der Waals surface area contributed by atoms with E-state index in [9.17, 15) is 4.79 Å². The van der Waals surface area contributed by atoms with Crippen LogP contribution in [0.5, 0.6) is 0 Å². The van der Waals surface area contributed by atoms with Crippen molar-refractivity contribution in [2.24, 2.45) is 5.73 Å². The van der Waals surface area contributed by atoms with E-state index in [1.807, 2.05) is 11.8 Å². The van der Waals surface area contributed by atoms with Crippen LogP contribution in [0.4, 0.5) is 0 Å². The molecule has 1 saturated heterocycles. The third-order valence-electron chi connectivity index (χ3n) is 2.93.